The first-order chi connectivity index (χ1) is 11.5. The molecule has 1 aliphatic rings. The Bertz CT molecular complexity index is 610. The molecule has 1 aromatic carbocycles. The number of hydrogen-bond donors (Lipinski definition) is 1. The molecule has 1 aliphatic heterocycles. The molecule has 0 saturated carbocycles. The van der Waals surface area contributed by atoms with Crippen LogP contribution in [-0.4, -0.2) is 59.5 Å². The zero-order chi connectivity index (χ0) is 17.5. The number of likely N-dealkylation sites (N-methyl/N-ethyl adjacent to an activating group) is 1. The van der Waals surface area contributed by atoms with Crippen LogP contribution in [-0.2, 0) is 9.59 Å². The molecule has 1 aromatic rings. The minimum atomic E-state index is -0.332. The van der Waals surface area contributed by atoms with Gasteiger partial charge in [0.1, 0.15) is 5.82 Å². The van der Waals surface area contributed by atoms with Gasteiger partial charge in [0.2, 0.25) is 11.8 Å². The molecule has 2 rings (SSSR count). The number of aliphatic hydroxyl groups excluding tert-OH is 1. The van der Waals surface area contributed by atoms with Gasteiger partial charge >= 0.3 is 0 Å². The topological polar surface area (TPSA) is 60.9 Å². The van der Waals surface area contributed by atoms with Gasteiger partial charge in [0.05, 0.1) is 12.6 Å². The summed E-state index contributed by atoms with van der Waals surface area (Å²) in [6.45, 7) is 1.09. The Kier molecular flexibility index (Phi) is 6.49. The molecule has 1 N–H and O–H groups in total. The highest BCUT2D eigenvalue weighted by Crippen LogP contribution is 2.10. The number of likely N-dealkylation sites (tertiary alicyclic amines) is 1. The standard InChI is InChI=1S/C18H23FN2O3/c1-20(13-18(24)21-10-8-16(22)9-11-21)17(23)7-3-5-14-4-2-6-15(19)12-14/h2-6,12,16,22H,7-11,13H2,1H3/b5-3+. The molecular formula is C18H23FN2O3. The molecule has 0 aliphatic carbocycles. The lowest BCUT2D eigenvalue weighted by Gasteiger charge is -2.31. The molecule has 1 fully saturated rings. The van der Waals surface area contributed by atoms with Gasteiger partial charge in [-0.2, -0.15) is 0 Å². The van der Waals surface area contributed by atoms with Gasteiger partial charge in [-0.3, -0.25) is 9.59 Å². The second kappa shape index (κ2) is 8.59. The molecule has 6 heteroatoms. The number of carbonyl (C=O) groups excluding carboxylic acids is 2. The van der Waals surface area contributed by atoms with Crippen LogP contribution in [0.15, 0.2) is 30.3 Å². The lowest BCUT2D eigenvalue weighted by molar-refractivity contribution is -0.140. The number of halogens is 1. The van der Waals surface area contributed by atoms with Gasteiger partial charge in [0, 0.05) is 26.6 Å². The zero-order valence-corrected chi connectivity index (χ0v) is 13.8. The van der Waals surface area contributed by atoms with Crippen LogP contribution in [0.25, 0.3) is 6.08 Å². The van der Waals surface area contributed by atoms with E-state index in [4.69, 9.17) is 0 Å². The van der Waals surface area contributed by atoms with Crippen molar-refractivity contribution in [3.05, 3.63) is 41.7 Å². The number of amides is 2. The van der Waals surface area contributed by atoms with Gasteiger partial charge in [0.15, 0.2) is 0 Å². The van der Waals surface area contributed by atoms with E-state index in [0.29, 0.717) is 31.5 Å². The van der Waals surface area contributed by atoms with Crippen molar-refractivity contribution in [3.63, 3.8) is 0 Å². The van der Waals surface area contributed by atoms with E-state index in [0.717, 1.165) is 0 Å². The summed E-state index contributed by atoms with van der Waals surface area (Å²) in [4.78, 5) is 27.3. The van der Waals surface area contributed by atoms with Crippen molar-refractivity contribution in [1.29, 1.82) is 0 Å². The third-order valence-corrected chi connectivity index (χ3v) is 4.07. The van der Waals surface area contributed by atoms with Crippen molar-refractivity contribution in [1.82, 2.24) is 9.80 Å². The van der Waals surface area contributed by atoms with Crippen molar-refractivity contribution in [3.8, 4) is 0 Å². The molecule has 2 amide bonds. The molecule has 5 nitrogen and oxygen atoms in total. The summed E-state index contributed by atoms with van der Waals surface area (Å²) in [5.41, 5.74) is 0.688. The molecule has 0 bridgehead atoms. The highest BCUT2D eigenvalue weighted by atomic mass is 19.1. The van der Waals surface area contributed by atoms with Crippen molar-refractivity contribution in [2.45, 2.75) is 25.4 Å². The van der Waals surface area contributed by atoms with Crippen LogP contribution in [0.4, 0.5) is 4.39 Å². The Morgan fingerprint density at radius 1 is 1.38 bits per heavy atom. The fraction of sp³-hybridized carbons (Fsp3) is 0.444. The molecular weight excluding hydrogens is 311 g/mol. The molecule has 0 aromatic heterocycles. The van der Waals surface area contributed by atoms with E-state index < -0.39 is 0 Å². The predicted molar refractivity (Wildman–Crippen MR) is 89.5 cm³/mol. The first kappa shape index (κ1) is 18.1. The molecule has 24 heavy (non-hydrogen) atoms. The van der Waals surface area contributed by atoms with Gasteiger partial charge in [-0.05, 0) is 30.5 Å². The second-order valence-corrected chi connectivity index (χ2v) is 6.02. The van der Waals surface area contributed by atoms with Crippen LogP contribution in [0.1, 0.15) is 24.8 Å². The number of carbonyl (C=O) groups is 2. The Labute approximate surface area is 141 Å². The summed E-state index contributed by atoms with van der Waals surface area (Å²) in [6, 6.07) is 6.11. The van der Waals surface area contributed by atoms with Gasteiger partial charge in [-0.15, -0.1) is 0 Å². The summed E-state index contributed by atoms with van der Waals surface area (Å²) in [6.07, 6.45) is 4.33. The van der Waals surface area contributed by atoms with Crippen LogP contribution in [0, 0.1) is 5.82 Å². The molecule has 0 unspecified atom stereocenters. The number of benzene rings is 1. The maximum atomic E-state index is 13.1. The quantitative estimate of drug-likeness (QED) is 0.891. The van der Waals surface area contributed by atoms with E-state index in [1.807, 2.05) is 0 Å². The lowest BCUT2D eigenvalue weighted by Crippen LogP contribution is -2.45. The SMILES string of the molecule is CN(CC(=O)N1CCC(O)CC1)C(=O)C/C=C/c1cccc(F)c1. The Hall–Kier alpha value is -2.21. The van der Waals surface area contributed by atoms with Crippen molar-refractivity contribution in [2.75, 3.05) is 26.7 Å². The molecule has 130 valence electrons. The summed E-state index contributed by atoms with van der Waals surface area (Å²) >= 11 is 0. The van der Waals surface area contributed by atoms with Crippen LogP contribution in [0.5, 0.6) is 0 Å². The molecule has 1 heterocycles. The van der Waals surface area contributed by atoms with Crippen LogP contribution in [0.2, 0.25) is 0 Å². The fourth-order valence-electron chi connectivity index (χ4n) is 2.57. The van der Waals surface area contributed by atoms with E-state index >= 15 is 0 Å². The van der Waals surface area contributed by atoms with Crippen LogP contribution < -0.4 is 0 Å². The summed E-state index contributed by atoms with van der Waals surface area (Å²) in [5.74, 6) is -0.599. The van der Waals surface area contributed by atoms with E-state index in [1.54, 1.807) is 36.2 Å². The van der Waals surface area contributed by atoms with E-state index in [2.05, 4.69) is 0 Å². The van der Waals surface area contributed by atoms with Gasteiger partial charge in [0.25, 0.3) is 0 Å². The molecule has 0 atom stereocenters. The number of nitrogens with zero attached hydrogens (tertiary/aromatic N) is 2. The van der Waals surface area contributed by atoms with Gasteiger partial charge in [-0.25, -0.2) is 4.39 Å². The molecule has 0 radical (unpaired) electrons. The van der Waals surface area contributed by atoms with E-state index in [9.17, 15) is 19.1 Å². The lowest BCUT2D eigenvalue weighted by atomic mass is 10.1. The summed E-state index contributed by atoms with van der Waals surface area (Å²) in [7, 11) is 1.59. The van der Waals surface area contributed by atoms with E-state index in [1.165, 1.54) is 17.0 Å². The molecule has 1 saturated heterocycles. The van der Waals surface area contributed by atoms with Crippen LogP contribution in [0.3, 0.4) is 0 Å². The van der Waals surface area contributed by atoms with Crippen molar-refractivity contribution >= 4 is 17.9 Å². The normalized spacial score (nSPS) is 15.7. The fourth-order valence-corrected chi connectivity index (χ4v) is 2.57. The van der Waals surface area contributed by atoms with E-state index in [-0.39, 0.29) is 36.7 Å². The maximum Gasteiger partial charge on any atom is 0.242 e. The highest BCUT2D eigenvalue weighted by molar-refractivity contribution is 5.85. The average molecular weight is 334 g/mol. The minimum Gasteiger partial charge on any atom is -0.393 e. The third kappa shape index (κ3) is 5.45. The predicted octanol–water partition coefficient (Wildman–Crippen LogP) is 1.67. The second-order valence-electron chi connectivity index (χ2n) is 6.02. The van der Waals surface area contributed by atoms with Gasteiger partial charge < -0.3 is 14.9 Å². The summed E-state index contributed by atoms with van der Waals surface area (Å²) in [5, 5.41) is 9.45. The number of piperidine rings is 1. The number of aliphatic hydroxyl groups is 1. The van der Waals surface area contributed by atoms with Crippen LogP contribution >= 0.6 is 0 Å². The van der Waals surface area contributed by atoms with Crippen molar-refractivity contribution < 1.29 is 19.1 Å². The smallest absolute Gasteiger partial charge is 0.242 e. The minimum absolute atomic E-state index is 0.0305. The summed E-state index contributed by atoms with van der Waals surface area (Å²) < 4.78 is 13.1. The number of rotatable bonds is 5. The Morgan fingerprint density at radius 2 is 2.08 bits per heavy atom. The van der Waals surface area contributed by atoms with Crippen molar-refractivity contribution in [2.24, 2.45) is 0 Å². The average Bonchev–Trinajstić information content (AvgIpc) is 2.55. The first-order valence-electron chi connectivity index (χ1n) is 8.07. The third-order valence-electron chi connectivity index (χ3n) is 4.07. The largest absolute Gasteiger partial charge is 0.393 e. The zero-order valence-electron chi connectivity index (χ0n) is 13.8. The Balaban J connectivity index is 1.78. The Morgan fingerprint density at radius 3 is 2.75 bits per heavy atom. The first-order valence-corrected chi connectivity index (χ1v) is 8.07. The monoisotopic (exact) mass is 334 g/mol. The van der Waals surface area contributed by atoms with Gasteiger partial charge in [-0.1, -0.05) is 24.3 Å². The molecule has 0 spiro atoms. The highest BCUT2D eigenvalue weighted by Gasteiger charge is 2.22. The maximum absolute atomic E-state index is 13.1. The number of hydrogen-bond acceptors (Lipinski definition) is 3.